The summed E-state index contributed by atoms with van der Waals surface area (Å²) in [6.07, 6.45) is 10.5. The first-order valence-corrected chi connectivity index (χ1v) is 9.77. The molecule has 2 nitrogen and oxygen atoms in total. The summed E-state index contributed by atoms with van der Waals surface area (Å²) < 4.78 is 12.2. The number of ether oxygens (including phenoxy) is 2. The molecule has 0 radical (unpaired) electrons. The Hall–Kier alpha value is 0.400. The van der Waals surface area contributed by atoms with E-state index in [9.17, 15) is 0 Å². The average Bonchev–Trinajstić information content (AvgIpc) is 2.47. The molecule has 0 spiro atoms. The van der Waals surface area contributed by atoms with Gasteiger partial charge >= 0.3 is 0 Å². The van der Waals surface area contributed by atoms with Crippen molar-refractivity contribution >= 4 is 15.9 Å². The van der Waals surface area contributed by atoms with E-state index in [2.05, 4.69) is 36.7 Å². The second-order valence-corrected chi connectivity index (χ2v) is 8.78. The number of hydrogen-bond donors (Lipinski definition) is 0. The molecule has 2 aliphatic carbocycles. The Kier molecular flexibility index (Phi) is 6.18. The molecular formula is C18H33BrO2. The SMILES string of the molecule is COC1CCCC(OC2(CBr)CCC(C(C)(C)C)CC2)C1. The van der Waals surface area contributed by atoms with Crippen LogP contribution in [0, 0.1) is 11.3 Å². The summed E-state index contributed by atoms with van der Waals surface area (Å²) in [5.74, 6) is 0.839. The highest BCUT2D eigenvalue weighted by atomic mass is 79.9. The van der Waals surface area contributed by atoms with Crippen molar-refractivity contribution in [2.24, 2.45) is 11.3 Å². The molecule has 0 aromatic heterocycles. The van der Waals surface area contributed by atoms with Crippen molar-refractivity contribution in [3.05, 3.63) is 0 Å². The average molecular weight is 361 g/mol. The predicted molar refractivity (Wildman–Crippen MR) is 92.1 cm³/mol. The fourth-order valence-corrected chi connectivity index (χ4v) is 4.76. The number of methoxy groups -OCH3 is 1. The van der Waals surface area contributed by atoms with E-state index in [1.807, 2.05) is 7.11 Å². The molecule has 0 heterocycles. The molecule has 124 valence electrons. The van der Waals surface area contributed by atoms with Crippen molar-refractivity contribution in [3.63, 3.8) is 0 Å². The molecule has 21 heavy (non-hydrogen) atoms. The minimum atomic E-state index is 0.0715. The van der Waals surface area contributed by atoms with E-state index in [0.717, 1.165) is 17.7 Å². The lowest BCUT2D eigenvalue weighted by molar-refractivity contribution is -0.134. The fourth-order valence-electron chi connectivity index (χ4n) is 4.07. The second-order valence-electron chi connectivity index (χ2n) is 8.22. The normalized spacial score (nSPS) is 38.4. The van der Waals surface area contributed by atoms with Crippen LogP contribution in [-0.2, 0) is 9.47 Å². The Labute approximate surface area is 139 Å². The first kappa shape index (κ1) is 17.7. The molecule has 0 saturated heterocycles. The zero-order valence-corrected chi connectivity index (χ0v) is 15.9. The van der Waals surface area contributed by atoms with E-state index < -0.39 is 0 Å². The maximum absolute atomic E-state index is 6.64. The van der Waals surface area contributed by atoms with Gasteiger partial charge < -0.3 is 9.47 Å². The summed E-state index contributed by atoms with van der Waals surface area (Å²) in [7, 11) is 1.84. The number of halogens is 1. The molecule has 2 unspecified atom stereocenters. The highest BCUT2D eigenvalue weighted by molar-refractivity contribution is 9.09. The summed E-state index contributed by atoms with van der Waals surface area (Å²) in [6.45, 7) is 7.14. The summed E-state index contributed by atoms with van der Waals surface area (Å²) in [5, 5.41) is 0.977. The summed E-state index contributed by atoms with van der Waals surface area (Å²) in [5.41, 5.74) is 0.506. The van der Waals surface area contributed by atoms with Crippen LogP contribution >= 0.6 is 15.9 Å². The lowest BCUT2D eigenvalue weighted by Gasteiger charge is -2.45. The Morgan fingerprint density at radius 1 is 1.05 bits per heavy atom. The van der Waals surface area contributed by atoms with Gasteiger partial charge in [0.05, 0.1) is 17.8 Å². The maximum atomic E-state index is 6.64. The van der Waals surface area contributed by atoms with Gasteiger partial charge in [0.1, 0.15) is 0 Å². The number of rotatable bonds is 4. The van der Waals surface area contributed by atoms with Gasteiger partial charge in [0.25, 0.3) is 0 Å². The van der Waals surface area contributed by atoms with E-state index in [4.69, 9.17) is 9.47 Å². The number of alkyl halides is 1. The van der Waals surface area contributed by atoms with Crippen LogP contribution in [0.3, 0.4) is 0 Å². The van der Waals surface area contributed by atoms with Gasteiger partial charge in [-0.25, -0.2) is 0 Å². The van der Waals surface area contributed by atoms with Gasteiger partial charge in [0.15, 0.2) is 0 Å². The largest absolute Gasteiger partial charge is 0.381 e. The fraction of sp³-hybridized carbons (Fsp3) is 1.00. The van der Waals surface area contributed by atoms with E-state index >= 15 is 0 Å². The Bertz CT molecular complexity index is 316. The monoisotopic (exact) mass is 360 g/mol. The van der Waals surface area contributed by atoms with Crippen LogP contribution in [0.2, 0.25) is 0 Å². The van der Waals surface area contributed by atoms with Crippen molar-refractivity contribution in [3.8, 4) is 0 Å². The molecule has 2 rings (SSSR count). The zero-order chi connectivity index (χ0) is 15.5. The molecule has 0 amide bonds. The molecule has 0 N–H and O–H groups in total. The third kappa shape index (κ3) is 4.68. The molecular weight excluding hydrogens is 328 g/mol. The first-order valence-electron chi connectivity index (χ1n) is 8.65. The van der Waals surface area contributed by atoms with Crippen molar-refractivity contribution in [2.45, 2.75) is 89.9 Å². The molecule has 2 atom stereocenters. The minimum absolute atomic E-state index is 0.0715. The van der Waals surface area contributed by atoms with E-state index in [-0.39, 0.29) is 5.60 Å². The van der Waals surface area contributed by atoms with Crippen LogP contribution in [0.25, 0.3) is 0 Å². The van der Waals surface area contributed by atoms with E-state index in [1.54, 1.807) is 0 Å². The van der Waals surface area contributed by atoms with Crippen LogP contribution in [0.5, 0.6) is 0 Å². The summed E-state index contributed by atoms with van der Waals surface area (Å²) in [4.78, 5) is 0. The van der Waals surface area contributed by atoms with Crippen molar-refractivity contribution in [1.82, 2.24) is 0 Å². The third-order valence-corrected chi connectivity index (χ3v) is 6.72. The predicted octanol–water partition coefficient (Wildman–Crippen LogP) is 5.33. The van der Waals surface area contributed by atoms with Gasteiger partial charge in [0.2, 0.25) is 0 Å². The minimum Gasteiger partial charge on any atom is -0.381 e. The van der Waals surface area contributed by atoms with Gasteiger partial charge in [-0.05, 0) is 62.7 Å². The van der Waals surface area contributed by atoms with Gasteiger partial charge in [-0.2, -0.15) is 0 Å². The molecule has 0 aromatic rings. The first-order chi connectivity index (χ1) is 9.88. The summed E-state index contributed by atoms with van der Waals surface area (Å²) in [6, 6.07) is 0. The van der Waals surface area contributed by atoms with Crippen LogP contribution in [0.4, 0.5) is 0 Å². The van der Waals surface area contributed by atoms with Crippen molar-refractivity contribution in [1.29, 1.82) is 0 Å². The number of hydrogen-bond acceptors (Lipinski definition) is 2. The van der Waals surface area contributed by atoms with Crippen LogP contribution in [0.15, 0.2) is 0 Å². The lowest BCUT2D eigenvalue weighted by atomic mass is 9.68. The quantitative estimate of drug-likeness (QED) is 0.630. The lowest BCUT2D eigenvalue weighted by Crippen LogP contribution is -2.45. The van der Waals surface area contributed by atoms with Crippen LogP contribution in [0.1, 0.15) is 72.1 Å². The molecule has 3 heteroatoms. The topological polar surface area (TPSA) is 18.5 Å². The smallest absolute Gasteiger partial charge is 0.0782 e. The van der Waals surface area contributed by atoms with E-state index in [0.29, 0.717) is 17.6 Å². The maximum Gasteiger partial charge on any atom is 0.0782 e. The highest BCUT2D eigenvalue weighted by Crippen LogP contribution is 2.44. The van der Waals surface area contributed by atoms with Crippen molar-refractivity contribution in [2.75, 3.05) is 12.4 Å². The Balaban J connectivity index is 1.91. The van der Waals surface area contributed by atoms with Gasteiger partial charge in [0, 0.05) is 12.4 Å². The molecule has 2 saturated carbocycles. The van der Waals surface area contributed by atoms with Crippen LogP contribution < -0.4 is 0 Å². The van der Waals surface area contributed by atoms with Gasteiger partial charge in [-0.3, -0.25) is 0 Å². The van der Waals surface area contributed by atoms with E-state index in [1.165, 1.54) is 44.9 Å². The van der Waals surface area contributed by atoms with Crippen molar-refractivity contribution < 1.29 is 9.47 Å². The molecule has 0 aliphatic heterocycles. The Morgan fingerprint density at radius 2 is 1.67 bits per heavy atom. The van der Waals surface area contributed by atoms with Crippen LogP contribution in [-0.4, -0.2) is 30.2 Å². The molecule has 2 aliphatic rings. The highest BCUT2D eigenvalue weighted by Gasteiger charge is 2.41. The van der Waals surface area contributed by atoms with Gasteiger partial charge in [-0.1, -0.05) is 36.7 Å². The molecule has 2 fully saturated rings. The Morgan fingerprint density at radius 3 is 2.19 bits per heavy atom. The standard InChI is InChI=1S/C18H33BrO2/c1-17(2,3)14-8-10-18(13-19,11-9-14)21-16-7-5-6-15(12-16)20-4/h14-16H,5-13H2,1-4H3. The molecule has 0 bridgehead atoms. The van der Waals surface area contributed by atoms with Gasteiger partial charge in [-0.15, -0.1) is 0 Å². The molecule has 0 aromatic carbocycles. The third-order valence-electron chi connectivity index (χ3n) is 5.69. The second kappa shape index (κ2) is 7.31. The zero-order valence-electron chi connectivity index (χ0n) is 14.3. The summed E-state index contributed by atoms with van der Waals surface area (Å²) >= 11 is 3.74.